The lowest BCUT2D eigenvalue weighted by Gasteiger charge is -2.29. The van der Waals surface area contributed by atoms with Crippen molar-refractivity contribution >= 4 is 40.0 Å². The lowest BCUT2D eigenvalue weighted by Crippen LogP contribution is -2.28. The van der Waals surface area contributed by atoms with Crippen LogP contribution >= 0.6 is 6.89 Å². The predicted octanol–water partition coefficient (Wildman–Crippen LogP) is 6.91. The van der Waals surface area contributed by atoms with Gasteiger partial charge in [-0.15, -0.1) is 0 Å². The number of rotatable bonds is 6. The first-order valence-electron chi connectivity index (χ1n) is 11.9. The summed E-state index contributed by atoms with van der Waals surface area (Å²) in [6.07, 6.45) is 0. The van der Waals surface area contributed by atoms with Gasteiger partial charge < -0.3 is 0 Å². The highest BCUT2D eigenvalue weighted by molar-refractivity contribution is 7.95. The molecule has 0 aromatic heterocycles. The van der Waals surface area contributed by atoms with Crippen LogP contribution in [0.2, 0.25) is 0 Å². The van der Waals surface area contributed by atoms with E-state index in [1.54, 1.807) is 0 Å². The van der Waals surface area contributed by atoms with Gasteiger partial charge >= 0.3 is 0 Å². The fourth-order valence-corrected chi connectivity index (χ4v) is 8.22. The molecule has 0 heterocycles. The van der Waals surface area contributed by atoms with Crippen LogP contribution in [0.1, 0.15) is 11.1 Å². The van der Waals surface area contributed by atoms with Gasteiger partial charge in [-0.2, -0.15) is 0 Å². The highest BCUT2D eigenvalue weighted by atomic mass is 31.2. The number of aliphatic imine (C=N–C) groups is 1. The number of hydrogen-bond acceptors (Lipinski definition) is 1. The normalized spacial score (nSPS) is 11.7. The van der Waals surface area contributed by atoms with Crippen LogP contribution in [0.4, 0.5) is 5.69 Å². The van der Waals surface area contributed by atoms with Crippen molar-refractivity contribution in [2.24, 2.45) is 4.99 Å². The Balaban J connectivity index is 1.89. The van der Waals surface area contributed by atoms with E-state index in [9.17, 15) is 0 Å². The minimum absolute atomic E-state index is 0.956. The van der Waals surface area contributed by atoms with E-state index in [1.165, 1.54) is 21.5 Å². The summed E-state index contributed by atoms with van der Waals surface area (Å²) in [5, 5.41) is 3.93. The fourth-order valence-electron chi connectivity index (χ4n) is 4.38. The number of hydrogen-bond donors (Lipinski definition) is 0. The Bertz CT molecular complexity index is 1350. The van der Waals surface area contributed by atoms with E-state index < -0.39 is 6.89 Å². The molecular formula is C33H28NP. The summed E-state index contributed by atoms with van der Waals surface area (Å²) in [5.41, 5.74) is 4.28. The molecule has 0 aliphatic carbocycles. The van der Waals surface area contributed by atoms with Gasteiger partial charge in [0, 0.05) is 5.56 Å². The SMILES string of the molecule is Cc1ccc(N=C(C=P(c2ccccc2)(c2ccccc2)c2ccccc2)c2ccccc2)cc1. The first-order valence-corrected chi connectivity index (χ1v) is 13.7. The summed E-state index contributed by atoms with van der Waals surface area (Å²) in [5.74, 6) is 2.45. The van der Waals surface area contributed by atoms with Gasteiger partial charge in [0.15, 0.2) is 0 Å². The molecule has 5 aromatic carbocycles. The molecule has 0 atom stereocenters. The molecule has 5 rings (SSSR count). The van der Waals surface area contributed by atoms with E-state index in [1.807, 2.05) is 0 Å². The second kappa shape index (κ2) is 10.6. The third-order valence-corrected chi connectivity index (χ3v) is 10.1. The average Bonchev–Trinajstić information content (AvgIpc) is 2.94. The molecule has 0 saturated carbocycles. The summed E-state index contributed by atoms with van der Waals surface area (Å²) in [4.78, 5) is 5.22. The quantitative estimate of drug-likeness (QED) is 0.189. The van der Waals surface area contributed by atoms with Crippen molar-refractivity contribution in [3.63, 3.8) is 0 Å². The lowest BCUT2D eigenvalue weighted by molar-refractivity contribution is 1.43. The van der Waals surface area contributed by atoms with Crippen molar-refractivity contribution < 1.29 is 0 Å². The zero-order valence-corrected chi connectivity index (χ0v) is 20.7. The Labute approximate surface area is 208 Å². The van der Waals surface area contributed by atoms with E-state index in [-0.39, 0.29) is 0 Å². The molecule has 5 aromatic rings. The first kappa shape index (κ1) is 22.8. The maximum absolute atomic E-state index is 5.22. The molecule has 0 aliphatic rings. The van der Waals surface area contributed by atoms with Gasteiger partial charge in [-0.05, 0) is 47.7 Å². The van der Waals surface area contributed by atoms with Crippen LogP contribution in [0, 0.1) is 6.92 Å². The van der Waals surface area contributed by atoms with Crippen LogP contribution in [0.25, 0.3) is 0 Å². The molecule has 0 unspecified atom stereocenters. The molecule has 2 heteroatoms. The van der Waals surface area contributed by atoms with E-state index >= 15 is 0 Å². The van der Waals surface area contributed by atoms with Gasteiger partial charge in [-0.25, -0.2) is 4.99 Å². The van der Waals surface area contributed by atoms with Crippen LogP contribution in [-0.4, -0.2) is 11.5 Å². The summed E-state index contributed by atoms with van der Waals surface area (Å²) < 4.78 is 0. The largest absolute Gasteiger partial charge is 0.248 e. The van der Waals surface area contributed by atoms with Gasteiger partial charge in [0.1, 0.15) is 0 Å². The van der Waals surface area contributed by atoms with Crippen LogP contribution in [-0.2, 0) is 0 Å². The molecule has 1 nitrogen and oxygen atoms in total. The van der Waals surface area contributed by atoms with E-state index in [4.69, 9.17) is 4.99 Å². The Morgan fingerprint density at radius 1 is 0.514 bits per heavy atom. The first-order chi connectivity index (χ1) is 17.3. The van der Waals surface area contributed by atoms with Gasteiger partial charge in [0.25, 0.3) is 0 Å². The number of nitrogens with zero attached hydrogens (tertiary/aromatic N) is 1. The van der Waals surface area contributed by atoms with Crippen LogP contribution in [0.15, 0.2) is 151 Å². The number of benzene rings is 5. The Morgan fingerprint density at radius 3 is 1.34 bits per heavy atom. The Hall–Kier alpha value is -3.93. The molecule has 0 bridgehead atoms. The zero-order chi connectivity index (χ0) is 23.9. The maximum atomic E-state index is 5.22. The van der Waals surface area contributed by atoms with E-state index in [2.05, 4.69) is 158 Å². The summed E-state index contributed by atoms with van der Waals surface area (Å²) in [6, 6.07) is 51.7. The highest BCUT2D eigenvalue weighted by Gasteiger charge is 2.26. The monoisotopic (exact) mass is 469 g/mol. The third kappa shape index (κ3) is 4.97. The molecule has 0 amide bonds. The van der Waals surface area contributed by atoms with Crippen molar-refractivity contribution in [2.75, 3.05) is 0 Å². The fraction of sp³-hybridized carbons (Fsp3) is 0.0303. The third-order valence-electron chi connectivity index (χ3n) is 6.16. The van der Waals surface area contributed by atoms with E-state index in [0.29, 0.717) is 0 Å². The van der Waals surface area contributed by atoms with Crippen molar-refractivity contribution in [3.8, 4) is 0 Å². The predicted molar refractivity (Wildman–Crippen MR) is 155 cm³/mol. The molecule has 0 radical (unpaired) electrons. The highest BCUT2D eigenvalue weighted by Crippen LogP contribution is 2.44. The van der Waals surface area contributed by atoms with Crippen LogP contribution < -0.4 is 15.9 Å². The second-order valence-electron chi connectivity index (χ2n) is 8.56. The minimum Gasteiger partial charge on any atom is -0.248 e. The average molecular weight is 470 g/mol. The van der Waals surface area contributed by atoms with E-state index in [0.717, 1.165) is 17.0 Å². The second-order valence-corrected chi connectivity index (χ2v) is 11.8. The number of aryl methyl sites for hydroxylation is 1. The van der Waals surface area contributed by atoms with Gasteiger partial charge in [0.05, 0.1) is 11.4 Å². The smallest absolute Gasteiger partial charge is 0.0719 e. The molecule has 0 fully saturated rings. The Morgan fingerprint density at radius 2 is 0.914 bits per heavy atom. The molecule has 0 aliphatic heterocycles. The summed E-state index contributed by atoms with van der Waals surface area (Å²) in [6.45, 7) is -0.0715. The molecule has 170 valence electrons. The van der Waals surface area contributed by atoms with Gasteiger partial charge in [-0.3, -0.25) is 0 Å². The molecule has 0 saturated heterocycles. The van der Waals surface area contributed by atoms with Gasteiger partial charge in [-0.1, -0.05) is 139 Å². The van der Waals surface area contributed by atoms with Crippen molar-refractivity contribution in [1.82, 2.24) is 0 Å². The van der Waals surface area contributed by atoms with Crippen LogP contribution in [0.3, 0.4) is 0 Å². The van der Waals surface area contributed by atoms with Crippen molar-refractivity contribution in [2.45, 2.75) is 6.92 Å². The lowest BCUT2D eigenvalue weighted by atomic mass is 10.1. The minimum atomic E-state index is -2.18. The molecule has 0 N–H and O–H groups in total. The topological polar surface area (TPSA) is 12.4 Å². The molecule has 0 spiro atoms. The van der Waals surface area contributed by atoms with Crippen molar-refractivity contribution in [1.29, 1.82) is 0 Å². The van der Waals surface area contributed by atoms with Crippen molar-refractivity contribution in [3.05, 3.63) is 157 Å². The molecular weight excluding hydrogens is 441 g/mol. The van der Waals surface area contributed by atoms with Crippen LogP contribution in [0.5, 0.6) is 0 Å². The maximum Gasteiger partial charge on any atom is 0.0719 e. The zero-order valence-electron chi connectivity index (χ0n) is 19.8. The van der Waals surface area contributed by atoms with Gasteiger partial charge in [0.2, 0.25) is 0 Å². The Kier molecular flexibility index (Phi) is 6.89. The standard InChI is InChI=1S/C33H28NP/c1-27-22-24-29(25-23-27)34-33(28-14-6-2-7-15-28)26-35(30-16-8-3-9-17-30,31-18-10-4-11-19-31)32-20-12-5-13-21-32/h2-26H,1H3. The summed E-state index contributed by atoms with van der Waals surface area (Å²) in [7, 11) is 0. The summed E-state index contributed by atoms with van der Waals surface area (Å²) >= 11 is 0. The molecule has 35 heavy (non-hydrogen) atoms.